The predicted octanol–water partition coefficient (Wildman–Crippen LogP) is 3.37. The van der Waals surface area contributed by atoms with E-state index < -0.39 is 0 Å². The van der Waals surface area contributed by atoms with E-state index in [9.17, 15) is 14.0 Å². The van der Waals surface area contributed by atoms with Gasteiger partial charge >= 0.3 is 5.97 Å². The summed E-state index contributed by atoms with van der Waals surface area (Å²) in [4.78, 5) is 25.5. The average Bonchev–Trinajstić information content (AvgIpc) is 2.77. The molecule has 1 aliphatic heterocycles. The van der Waals surface area contributed by atoms with E-state index in [2.05, 4.69) is 0 Å². The third-order valence-electron chi connectivity index (χ3n) is 3.13. The molecule has 0 bridgehead atoms. The van der Waals surface area contributed by atoms with Crippen LogP contribution in [-0.4, -0.2) is 34.2 Å². The van der Waals surface area contributed by atoms with Gasteiger partial charge in [0.05, 0.1) is 11.5 Å². The van der Waals surface area contributed by atoms with Crippen LogP contribution < -0.4 is 0 Å². The van der Waals surface area contributed by atoms with E-state index in [1.165, 1.54) is 17.0 Å². The molecule has 122 valence electrons. The molecule has 0 spiro atoms. The van der Waals surface area contributed by atoms with E-state index in [4.69, 9.17) is 17.0 Å². The Balaban J connectivity index is 2.00. The zero-order valence-electron chi connectivity index (χ0n) is 12.6. The molecule has 4 nitrogen and oxygen atoms in total. The van der Waals surface area contributed by atoms with Crippen molar-refractivity contribution in [1.82, 2.24) is 4.90 Å². The van der Waals surface area contributed by atoms with Gasteiger partial charge < -0.3 is 4.74 Å². The monoisotopic (exact) mass is 353 g/mol. The van der Waals surface area contributed by atoms with Gasteiger partial charge in [-0.1, -0.05) is 42.2 Å². The van der Waals surface area contributed by atoms with Gasteiger partial charge in [-0.3, -0.25) is 14.5 Å². The van der Waals surface area contributed by atoms with Crippen molar-refractivity contribution in [2.24, 2.45) is 0 Å². The predicted molar refractivity (Wildman–Crippen MR) is 92.1 cm³/mol. The summed E-state index contributed by atoms with van der Waals surface area (Å²) in [6.45, 7) is 2.43. The molecule has 1 aromatic carbocycles. The summed E-state index contributed by atoms with van der Waals surface area (Å²) >= 11 is 6.33. The summed E-state index contributed by atoms with van der Waals surface area (Å²) in [7, 11) is 0. The Hall–Kier alpha value is -1.73. The number of hydrogen-bond donors (Lipinski definition) is 0. The van der Waals surface area contributed by atoms with Gasteiger partial charge in [0.15, 0.2) is 0 Å². The van der Waals surface area contributed by atoms with Crippen LogP contribution in [0.3, 0.4) is 0 Å². The number of amides is 1. The number of thioether (sulfide) groups is 1. The number of halogens is 1. The second kappa shape index (κ2) is 8.21. The van der Waals surface area contributed by atoms with Gasteiger partial charge in [-0.2, -0.15) is 0 Å². The minimum absolute atomic E-state index is 0.233. The third-order valence-corrected chi connectivity index (χ3v) is 4.51. The number of benzene rings is 1. The van der Waals surface area contributed by atoms with Gasteiger partial charge in [-0.25, -0.2) is 4.39 Å². The number of nitrogens with zero attached hydrogens (tertiary/aromatic N) is 1. The fraction of sp³-hybridized carbons (Fsp3) is 0.312. The third kappa shape index (κ3) is 4.62. The van der Waals surface area contributed by atoms with Gasteiger partial charge in [-0.15, -0.1) is 0 Å². The van der Waals surface area contributed by atoms with Crippen molar-refractivity contribution in [3.05, 3.63) is 40.6 Å². The van der Waals surface area contributed by atoms with Crippen molar-refractivity contribution < 1.29 is 18.7 Å². The molecule has 1 amide bonds. The van der Waals surface area contributed by atoms with Gasteiger partial charge in [0.25, 0.3) is 5.91 Å². The molecule has 0 N–H and O–H groups in total. The zero-order valence-corrected chi connectivity index (χ0v) is 14.2. The van der Waals surface area contributed by atoms with E-state index in [1.807, 2.05) is 0 Å². The van der Waals surface area contributed by atoms with Gasteiger partial charge in [-0.05, 0) is 25.5 Å². The fourth-order valence-electron chi connectivity index (χ4n) is 2.04. The number of carbonyl (C=O) groups excluding carboxylic acids is 2. The highest BCUT2D eigenvalue weighted by Gasteiger charge is 2.31. The van der Waals surface area contributed by atoms with Crippen LogP contribution in [0.4, 0.5) is 4.39 Å². The van der Waals surface area contributed by atoms with Crippen LogP contribution in [0.2, 0.25) is 0 Å². The molecule has 0 unspecified atom stereocenters. The number of rotatable bonds is 6. The highest BCUT2D eigenvalue weighted by atomic mass is 32.2. The van der Waals surface area contributed by atoms with Crippen LogP contribution in [-0.2, 0) is 14.3 Å². The highest BCUT2D eigenvalue weighted by molar-refractivity contribution is 8.26. The number of carbonyl (C=O) groups is 2. The van der Waals surface area contributed by atoms with E-state index in [0.29, 0.717) is 34.4 Å². The van der Waals surface area contributed by atoms with Gasteiger partial charge in [0.1, 0.15) is 10.1 Å². The second-order valence-corrected chi connectivity index (χ2v) is 6.44. The van der Waals surface area contributed by atoms with Crippen molar-refractivity contribution in [3.8, 4) is 0 Å². The van der Waals surface area contributed by atoms with Crippen LogP contribution in [0, 0.1) is 5.82 Å². The molecule has 0 radical (unpaired) electrons. The first kappa shape index (κ1) is 17.6. The Kier molecular flexibility index (Phi) is 6.29. The van der Waals surface area contributed by atoms with Gasteiger partial charge in [0.2, 0.25) is 0 Å². The van der Waals surface area contributed by atoms with Crippen molar-refractivity contribution in [2.45, 2.75) is 19.8 Å². The quantitative estimate of drug-likeness (QED) is 0.446. The SMILES string of the molecule is CCOC(=O)CCCN1C(=O)/C(=C/c2ccccc2F)SC1=S. The minimum atomic E-state index is -0.389. The maximum atomic E-state index is 13.7. The Bertz CT molecular complexity index is 660. The highest BCUT2D eigenvalue weighted by Crippen LogP contribution is 2.33. The molecule has 0 aromatic heterocycles. The summed E-state index contributed by atoms with van der Waals surface area (Å²) < 4.78 is 18.9. The molecule has 1 aliphatic rings. The normalized spacial score (nSPS) is 16.3. The van der Waals surface area contributed by atoms with Crippen LogP contribution >= 0.6 is 24.0 Å². The summed E-state index contributed by atoms with van der Waals surface area (Å²) in [5.41, 5.74) is 0.347. The molecular formula is C16H16FNO3S2. The number of thiocarbonyl (C=S) groups is 1. The van der Waals surface area contributed by atoms with Crippen LogP contribution in [0.25, 0.3) is 6.08 Å². The van der Waals surface area contributed by atoms with Crippen molar-refractivity contribution >= 4 is 46.3 Å². The Morgan fingerprint density at radius 3 is 2.87 bits per heavy atom. The van der Waals surface area contributed by atoms with Crippen LogP contribution in [0.5, 0.6) is 0 Å². The molecular weight excluding hydrogens is 337 g/mol. The molecule has 7 heteroatoms. The van der Waals surface area contributed by atoms with Gasteiger partial charge in [0, 0.05) is 18.5 Å². The Labute approximate surface area is 143 Å². The standard InChI is InChI=1S/C16H16FNO3S2/c1-2-21-14(19)8-5-9-18-15(20)13(23-16(18)22)10-11-6-3-4-7-12(11)17/h3-4,6-7,10H,2,5,8-9H2,1H3/b13-10-. The topological polar surface area (TPSA) is 46.6 Å². The zero-order chi connectivity index (χ0) is 16.8. The van der Waals surface area contributed by atoms with Crippen molar-refractivity contribution in [3.63, 3.8) is 0 Å². The summed E-state index contributed by atoms with van der Waals surface area (Å²) in [6, 6.07) is 6.23. The molecule has 1 heterocycles. The second-order valence-electron chi connectivity index (χ2n) is 4.76. The summed E-state index contributed by atoms with van der Waals surface area (Å²) in [5, 5.41) is 0. The van der Waals surface area contributed by atoms with E-state index >= 15 is 0 Å². The minimum Gasteiger partial charge on any atom is -0.466 e. The number of esters is 1. The van der Waals surface area contributed by atoms with Crippen molar-refractivity contribution in [1.29, 1.82) is 0 Å². The molecule has 1 saturated heterocycles. The molecule has 2 rings (SSSR count). The largest absolute Gasteiger partial charge is 0.466 e. The maximum Gasteiger partial charge on any atom is 0.305 e. The molecule has 1 aromatic rings. The van der Waals surface area contributed by atoms with E-state index in [0.717, 1.165) is 11.8 Å². The summed E-state index contributed by atoms with van der Waals surface area (Å²) in [5.74, 6) is -0.938. The molecule has 23 heavy (non-hydrogen) atoms. The molecule has 1 fully saturated rings. The number of ether oxygens (including phenoxy) is 1. The van der Waals surface area contributed by atoms with Crippen LogP contribution in [0.1, 0.15) is 25.3 Å². The Morgan fingerprint density at radius 2 is 2.17 bits per heavy atom. The first-order valence-electron chi connectivity index (χ1n) is 7.18. The first-order valence-corrected chi connectivity index (χ1v) is 8.41. The lowest BCUT2D eigenvalue weighted by Gasteiger charge is -2.13. The molecule has 0 atom stereocenters. The lowest BCUT2D eigenvalue weighted by molar-refractivity contribution is -0.143. The Morgan fingerprint density at radius 1 is 1.43 bits per heavy atom. The number of hydrogen-bond acceptors (Lipinski definition) is 5. The first-order chi connectivity index (χ1) is 11.0. The van der Waals surface area contributed by atoms with Crippen molar-refractivity contribution in [2.75, 3.05) is 13.2 Å². The van der Waals surface area contributed by atoms with E-state index in [1.54, 1.807) is 25.1 Å². The molecule has 0 saturated carbocycles. The maximum absolute atomic E-state index is 13.7. The van der Waals surface area contributed by atoms with Crippen LogP contribution in [0.15, 0.2) is 29.2 Å². The summed E-state index contributed by atoms with van der Waals surface area (Å²) in [6.07, 6.45) is 2.20. The smallest absolute Gasteiger partial charge is 0.305 e. The lowest BCUT2D eigenvalue weighted by Crippen LogP contribution is -2.29. The average molecular weight is 353 g/mol. The van der Waals surface area contributed by atoms with E-state index in [-0.39, 0.29) is 24.1 Å². The fourth-order valence-corrected chi connectivity index (χ4v) is 3.34. The lowest BCUT2D eigenvalue weighted by atomic mass is 10.2. The molecule has 0 aliphatic carbocycles.